The van der Waals surface area contributed by atoms with E-state index in [0.717, 1.165) is 11.1 Å². The van der Waals surface area contributed by atoms with Crippen LogP contribution in [0.4, 0.5) is 4.39 Å². The summed E-state index contributed by atoms with van der Waals surface area (Å²) in [4.78, 5) is 14.4. The van der Waals surface area contributed by atoms with Crippen LogP contribution in [0.5, 0.6) is 0 Å². The number of carbonyl (C=O) groups excluding carboxylic acids is 1. The Morgan fingerprint density at radius 2 is 1.84 bits per heavy atom. The number of amides is 1. The highest BCUT2D eigenvalue weighted by Crippen LogP contribution is 2.22. The minimum atomic E-state index is -0.728. The van der Waals surface area contributed by atoms with Crippen molar-refractivity contribution in [2.24, 2.45) is 0 Å². The minimum absolute atomic E-state index is 0.0815. The molecule has 1 N–H and O–H groups in total. The molecule has 0 saturated carbocycles. The van der Waals surface area contributed by atoms with E-state index in [-0.39, 0.29) is 17.8 Å². The van der Waals surface area contributed by atoms with Crippen molar-refractivity contribution in [1.82, 2.24) is 4.90 Å². The van der Waals surface area contributed by atoms with Gasteiger partial charge in [0, 0.05) is 12.6 Å². The number of halogens is 1. The van der Waals surface area contributed by atoms with Gasteiger partial charge in [0.15, 0.2) is 0 Å². The number of hydrogen-bond donors (Lipinski definition) is 1. The normalized spacial score (nSPS) is 12.7. The van der Waals surface area contributed by atoms with Crippen LogP contribution in [-0.2, 0) is 6.42 Å². The molecular weight excluding hydrogens is 317 g/mol. The Labute approximate surface area is 149 Å². The predicted molar refractivity (Wildman–Crippen MR) is 98.0 cm³/mol. The van der Waals surface area contributed by atoms with Gasteiger partial charge in [0.25, 0.3) is 5.91 Å². The third-order valence-electron chi connectivity index (χ3n) is 4.45. The molecule has 0 radical (unpaired) electrons. The Bertz CT molecular complexity index is 719. The van der Waals surface area contributed by atoms with Gasteiger partial charge in [-0.25, -0.2) is 4.39 Å². The summed E-state index contributed by atoms with van der Waals surface area (Å²) >= 11 is 0. The molecule has 1 atom stereocenters. The lowest BCUT2D eigenvalue weighted by Crippen LogP contribution is -2.29. The molecular formula is C21H26FNO2. The average molecular weight is 343 g/mol. The summed E-state index contributed by atoms with van der Waals surface area (Å²) in [5, 5.41) is 9.86. The molecule has 0 aliphatic rings. The van der Waals surface area contributed by atoms with Crippen LogP contribution in [0.15, 0.2) is 48.5 Å². The smallest absolute Gasteiger partial charge is 0.254 e. The molecule has 0 aromatic heterocycles. The van der Waals surface area contributed by atoms with Crippen molar-refractivity contribution in [3.63, 3.8) is 0 Å². The lowest BCUT2D eigenvalue weighted by Gasteiger charge is -2.25. The van der Waals surface area contributed by atoms with Crippen molar-refractivity contribution in [3.8, 4) is 0 Å². The molecule has 0 saturated heterocycles. The Kier molecular flexibility index (Phi) is 5.96. The number of aliphatic hydroxyl groups is 1. The number of rotatable bonds is 6. The summed E-state index contributed by atoms with van der Waals surface area (Å²) < 4.78 is 13.1. The molecule has 2 aromatic carbocycles. The van der Waals surface area contributed by atoms with Crippen LogP contribution in [0.1, 0.15) is 54.7 Å². The van der Waals surface area contributed by atoms with Crippen molar-refractivity contribution in [2.45, 2.75) is 45.3 Å². The van der Waals surface area contributed by atoms with Crippen LogP contribution in [-0.4, -0.2) is 28.6 Å². The van der Waals surface area contributed by atoms with Crippen molar-refractivity contribution >= 4 is 5.91 Å². The second-order valence-electron chi connectivity index (χ2n) is 7.16. The molecule has 2 aromatic rings. The van der Waals surface area contributed by atoms with E-state index in [1.807, 2.05) is 25.1 Å². The summed E-state index contributed by atoms with van der Waals surface area (Å²) in [5.41, 5.74) is 1.80. The molecule has 0 heterocycles. The van der Waals surface area contributed by atoms with Crippen LogP contribution in [0.3, 0.4) is 0 Å². The fourth-order valence-corrected chi connectivity index (χ4v) is 2.65. The van der Waals surface area contributed by atoms with E-state index >= 15 is 0 Å². The molecule has 0 bridgehead atoms. The van der Waals surface area contributed by atoms with Crippen molar-refractivity contribution in [1.29, 1.82) is 0 Å². The number of carbonyl (C=O) groups is 1. The van der Waals surface area contributed by atoms with Gasteiger partial charge in [0.05, 0.1) is 11.6 Å². The van der Waals surface area contributed by atoms with Gasteiger partial charge in [-0.05, 0) is 69.0 Å². The largest absolute Gasteiger partial charge is 0.390 e. The molecule has 0 spiro atoms. The van der Waals surface area contributed by atoms with E-state index in [1.54, 1.807) is 44.0 Å². The van der Waals surface area contributed by atoms with Gasteiger partial charge in [-0.15, -0.1) is 0 Å². The molecule has 1 amide bonds. The summed E-state index contributed by atoms with van der Waals surface area (Å²) in [7, 11) is 1.75. The number of hydrogen-bond acceptors (Lipinski definition) is 2. The van der Waals surface area contributed by atoms with Gasteiger partial charge in [0.1, 0.15) is 5.82 Å². The van der Waals surface area contributed by atoms with Gasteiger partial charge in [-0.1, -0.05) is 24.3 Å². The first-order valence-electron chi connectivity index (χ1n) is 8.51. The summed E-state index contributed by atoms with van der Waals surface area (Å²) in [5.74, 6) is -0.369. The maximum atomic E-state index is 13.1. The maximum absolute atomic E-state index is 13.1. The first-order valence-corrected chi connectivity index (χ1v) is 8.51. The van der Waals surface area contributed by atoms with E-state index in [0.29, 0.717) is 18.4 Å². The second kappa shape index (κ2) is 7.79. The monoisotopic (exact) mass is 343 g/mol. The molecule has 134 valence electrons. The maximum Gasteiger partial charge on any atom is 0.254 e. The zero-order valence-electron chi connectivity index (χ0n) is 15.3. The third kappa shape index (κ3) is 5.40. The van der Waals surface area contributed by atoms with Crippen LogP contribution in [0, 0.1) is 5.82 Å². The SMILES string of the molecule is CC(c1ccc(F)cc1)N(C)C(=O)c1cccc(CCC(C)(C)O)c1. The summed E-state index contributed by atoms with van der Waals surface area (Å²) in [6, 6.07) is 13.5. The number of aryl methyl sites for hydroxylation is 1. The fraction of sp³-hybridized carbons (Fsp3) is 0.381. The Hall–Kier alpha value is -2.20. The molecule has 1 unspecified atom stereocenters. The topological polar surface area (TPSA) is 40.5 Å². The highest BCUT2D eigenvalue weighted by molar-refractivity contribution is 5.94. The van der Waals surface area contributed by atoms with E-state index < -0.39 is 5.60 Å². The quantitative estimate of drug-likeness (QED) is 0.846. The molecule has 4 heteroatoms. The molecule has 2 rings (SSSR count). The number of benzene rings is 2. The fourth-order valence-electron chi connectivity index (χ4n) is 2.65. The first kappa shape index (κ1) is 19.1. The molecule has 0 aliphatic heterocycles. The van der Waals surface area contributed by atoms with Gasteiger partial charge in [-0.3, -0.25) is 4.79 Å². The van der Waals surface area contributed by atoms with Crippen molar-refractivity contribution in [2.75, 3.05) is 7.05 Å². The Morgan fingerprint density at radius 1 is 1.20 bits per heavy atom. The molecule has 0 aliphatic carbocycles. The van der Waals surface area contributed by atoms with E-state index in [4.69, 9.17) is 0 Å². The second-order valence-corrected chi connectivity index (χ2v) is 7.16. The van der Waals surface area contributed by atoms with E-state index in [9.17, 15) is 14.3 Å². The highest BCUT2D eigenvalue weighted by Gasteiger charge is 2.19. The van der Waals surface area contributed by atoms with Crippen LogP contribution in [0.2, 0.25) is 0 Å². The first-order chi connectivity index (χ1) is 11.7. The average Bonchev–Trinajstić information content (AvgIpc) is 2.58. The Balaban J connectivity index is 2.12. The van der Waals surface area contributed by atoms with Gasteiger partial charge in [0.2, 0.25) is 0 Å². The van der Waals surface area contributed by atoms with Crippen molar-refractivity contribution < 1.29 is 14.3 Å². The predicted octanol–water partition coefficient (Wildman–Crippen LogP) is 4.36. The van der Waals surface area contributed by atoms with Gasteiger partial charge >= 0.3 is 0 Å². The van der Waals surface area contributed by atoms with Crippen LogP contribution >= 0.6 is 0 Å². The molecule has 25 heavy (non-hydrogen) atoms. The number of nitrogens with zero attached hydrogens (tertiary/aromatic N) is 1. The zero-order chi connectivity index (χ0) is 18.6. The molecule has 3 nitrogen and oxygen atoms in total. The molecule has 0 fully saturated rings. The standard InChI is InChI=1S/C21H26FNO2/c1-15(17-8-10-19(22)11-9-17)23(4)20(24)18-7-5-6-16(14-18)12-13-21(2,3)25/h5-11,14-15,25H,12-13H2,1-4H3. The highest BCUT2D eigenvalue weighted by atomic mass is 19.1. The van der Waals surface area contributed by atoms with E-state index in [2.05, 4.69) is 0 Å². The third-order valence-corrected chi connectivity index (χ3v) is 4.45. The zero-order valence-corrected chi connectivity index (χ0v) is 15.3. The Morgan fingerprint density at radius 3 is 2.44 bits per heavy atom. The van der Waals surface area contributed by atoms with Crippen LogP contribution in [0.25, 0.3) is 0 Å². The van der Waals surface area contributed by atoms with Gasteiger partial charge in [-0.2, -0.15) is 0 Å². The summed E-state index contributed by atoms with van der Waals surface area (Å²) in [6.45, 7) is 5.48. The van der Waals surface area contributed by atoms with Crippen LogP contribution < -0.4 is 0 Å². The minimum Gasteiger partial charge on any atom is -0.390 e. The lowest BCUT2D eigenvalue weighted by molar-refractivity contribution is 0.0714. The lowest BCUT2D eigenvalue weighted by atomic mass is 9.97. The van der Waals surface area contributed by atoms with Gasteiger partial charge < -0.3 is 10.0 Å². The van der Waals surface area contributed by atoms with E-state index in [1.165, 1.54) is 12.1 Å². The summed E-state index contributed by atoms with van der Waals surface area (Å²) in [6.07, 6.45) is 1.34. The van der Waals surface area contributed by atoms with Crippen molar-refractivity contribution in [3.05, 3.63) is 71.0 Å².